The molecule has 0 unspecified atom stereocenters. The number of nitrogens with zero attached hydrogens (tertiary/aromatic N) is 1. The maximum atomic E-state index is 10.9. The second-order valence-corrected chi connectivity index (χ2v) is 4.16. The normalized spacial score (nSPS) is 10.2. The number of carbonyl (C=O) groups excluding carboxylic acids is 1. The molecule has 16 heavy (non-hydrogen) atoms. The minimum absolute atomic E-state index is 0.547. The Bertz CT molecular complexity index is 335. The average molecular weight is 239 g/mol. The van der Waals surface area contributed by atoms with Crippen molar-refractivity contribution in [1.82, 2.24) is 0 Å². The molecule has 0 aliphatic heterocycles. The van der Waals surface area contributed by atoms with Crippen LogP contribution in [0.1, 0.15) is 25.3 Å². The smallest absolute Gasteiger partial charge is 0.238 e. The first-order chi connectivity index (χ1) is 7.67. The van der Waals surface area contributed by atoms with Crippen LogP contribution in [0.15, 0.2) is 23.1 Å². The molecule has 0 aliphatic carbocycles. The number of thiol groups is 1. The maximum absolute atomic E-state index is 10.9. The third-order valence-corrected chi connectivity index (χ3v) is 2.38. The summed E-state index contributed by atoms with van der Waals surface area (Å²) in [5.74, 6) is 0. The number of amides is 1. The van der Waals surface area contributed by atoms with E-state index in [1.54, 1.807) is 6.07 Å². The molecule has 0 N–H and O–H groups in total. The lowest BCUT2D eigenvalue weighted by molar-refractivity contribution is -0.114. The highest BCUT2D eigenvalue weighted by Crippen LogP contribution is 2.20. The van der Waals surface area contributed by atoms with Gasteiger partial charge in [-0.15, -0.1) is 12.6 Å². The molecule has 3 nitrogen and oxygen atoms in total. The molecule has 0 radical (unpaired) electrons. The monoisotopic (exact) mass is 239 g/mol. The molecule has 88 valence electrons. The van der Waals surface area contributed by atoms with Gasteiger partial charge in [-0.25, -0.2) is 0 Å². The summed E-state index contributed by atoms with van der Waals surface area (Å²) in [5, 5.41) is 1.25. The van der Waals surface area contributed by atoms with E-state index in [4.69, 9.17) is 4.84 Å². The first kappa shape index (κ1) is 13.1. The van der Waals surface area contributed by atoms with Gasteiger partial charge in [-0.2, -0.15) is 5.06 Å². The Morgan fingerprint density at radius 1 is 1.44 bits per heavy atom. The van der Waals surface area contributed by atoms with Gasteiger partial charge in [0.1, 0.15) is 0 Å². The zero-order valence-electron chi connectivity index (χ0n) is 9.64. The Labute approximate surface area is 102 Å². The predicted molar refractivity (Wildman–Crippen MR) is 67.8 cm³/mol. The fraction of sp³-hybridized carbons (Fsp3) is 0.417. The molecular weight excluding hydrogens is 222 g/mol. The Morgan fingerprint density at radius 2 is 2.19 bits per heavy atom. The van der Waals surface area contributed by atoms with E-state index in [0.29, 0.717) is 13.0 Å². The van der Waals surface area contributed by atoms with Crippen molar-refractivity contribution >= 4 is 24.7 Å². The summed E-state index contributed by atoms with van der Waals surface area (Å²) >= 11 is 4.27. The van der Waals surface area contributed by atoms with E-state index in [-0.39, 0.29) is 0 Å². The lowest BCUT2D eigenvalue weighted by atomic mass is 10.2. The molecule has 1 aromatic rings. The van der Waals surface area contributed by atoms with Crippen molar-refractivity contribution < 1.29 is 9.63 Å². The van der Waals surface area contributed by atoms with Gasteiger partial charge in [0.2, 0.25) is 6.41 Å². The molecule has 4 heteroatoms. The Morgan fingerprint density at radius 3 is 2.75 bits per heavy atom. The van der Waals surface area contributed by atoms with Crippen LogP contribution in [0.4, 0.5) is 5.69 Å². The third kappa shape index (κ3) is 3.87. The van der Waals surface area contributed by atoms with Gasteiger partial charge in [0.15, 0.2) is 0 Å². The van der Waals surface area contributed by atoms with E-state index in [1.165, 1.54) is 5.06 Å². The molecule has 0 spiro atoms. The number of carbonyl (C=O) groups is 1. The topological polar surface area (TPSA) is 29.5 Å². The summed E-state index contributed by atoms with van der Waals surface area (Å²) in [5.41, 5.74) is 1.77. The highest BCUT2D eigenvalue weighted by Gasteiger charge is 2.06. The minimum Gasteiger partial charge on any atom is -0.276 e. The van der Waals surface area contributed by atoms with Crippen LogP contribution in [0, 0.1) is 6.92 Å². The highest BCUT2D eigenvalue weighted by molar-refractivity contribution is 7.80. The van der Waals surface area contributed by atoms with Crippen LogP contribution in [0.2, 0.25) is 0 Å². The molecule has 1 amide bonds. The lowest BCUT2D eigenvalue weighted by Gasteiger charge is -2.17. The number of hydroxylamine groups is 1. The van der Waals surface area contributed by atoms with Crippen LogP contribution >= 0.6 is 12.6 Å². The number of unbranched alkanes of at least 4 members (excludes halogenated alkanes) is 1. The van der Waals surface area contributed by atoms with Crippen molar-refractivity contribution in [3.05, 3.63) is 23.8 Å². The first-order valence-corrected chi connectivity index (χ1v) is 5.80. The van der Waals surface area contributed by atoms with E-state index in [9.17, 15) is 4.79 Å². The number of anilines is 1. The summed E-state index contributed by atoms with van der Waals surface area (Å²) < 4.78 is 0. The third-order valence-electron chi connectivity index (χ3n) is 2.13. The summed E-state index contributed by atoms with van der Waals surface area (Å²) in [4.78, 5) is 17.1. The van der Waals surface area contributed by atoms with Crippen LogP contribution in [0.25, 0.3) is 0 Å². The molecule has 0 saturated heterocycles. The lowest BCUT2D eigenvalue weighted by Crippen LogP contribution is -2.22. The first-order valence-electron chi connectivity index (χ1n) is 5.35. The molecule has 0 atom stereocenters. The number of rotatable bonds is 6. The molecule has 0 aliphatic rings. The molecule has 1 rings (SSSR count). The van der Waals surface area contributed by atoms with Crippen LogP contribution in [-0.4, -0.2) is 13.0 Å². The quantitative estimate of drug-likeness (QED) is 0.358. The Kier molecular flexibility index (Phi) is 5.35. The molecule has 0 heterocycles. The van der Waals surface area contributed by atoms with E-state index in [2.05, 4.69) is 19.6 Å². The number of hydrogen-bond donors (Lipinski definition) is 1. The number of benzene rings is 1. The molecule has 1 aromatic carbocycles. The maximum Gasteiger partial charge on any atom is 0.238 e. The van der Waals surface area contributed by atoms with E-state index in [0.717, 1.165) is 29.0 Å². The predicted octanol–water partition coefficient (Wildman–Crippen LogP) is 2.98. The van der Waals surface area contributed by atoms with Crippen molar-refractivity contribution in [2.24, 2.45) is 0 Å². The summed E-state index contributed by atoms with van der Waals surface area (Å²) in [7, 11) is 0. The summed E-state index contributed by atoms with van der Waals surface area (Å²) in [6, 6.07) is 5.62. The van der Waals surface area contributed by atoms with Gasteiger partial charge in [-0.1, -0.05) is 13.3 Å². The van der Waals surface area contributed by atoms with Crippen LogP contribution in [0.3, 0.4) is 0 Å². The standard InChI is InChI=1S/C12H17NO2S/c1-3-4-5-15-13(9-14)11-6-10(2)7-12(16)8-11/h6-9,16H,3-5H2,1-2H3. The molecule has 0 aromatic heterocycles. The summed E-state index contributed by atoms with van der Waals surface area (Å²) in [6.07, 6.45) is 2.65. The van der Waals surface area contributed by atoms with Gasteiger partial charge in [0.05, 0.1) is 12.3 Å². The molecule has 0 fully saturated rings. The van der Waals surface area contributed by atoms with Gasteiger partial charge >= 0.3 is 0 Å². The van der Waals surface area contributed by atoms with E-state index >= 15 is 0 Å². The number of hydrogen-bond acceptors (Lipinski definition) is 3. The second kappa shape index (κ2) is 6.55. The Balaban J connectivity index is 2.74. The van der Waals surface area contributed by atoms with Crippen LogP contribution in [-0.2, 0) is 9.63 Å². The van der Waals surface area contributed by atoms with Crippen LogP contribution < -0.4 is 5.06 Å². The Hall–Kier alpha value is -1.00. The van der Waals surface area contributed by atoms with E-state index in [1.807, 2.05) is 19.1 Å². The second-order valence-electron chi connectivity index (χ2n) is 3.64. The van der Waals surface area contributed by atoms with Gasteiger partial charge < -0.3 is 0 Å². The fourth-order valence-electron chi connectivity index (χ4n) is 1.34. The molecule has 0 saturated carbocycles. The van der Waals surface area contributed by atoms with Gasteiger partial charge in [0.25, 0.3) is 0 Å². The van der Waals surface area contributed by atoms with Crippen molar-refractivity contribution in [2.75, 3.05) is 11.7 Å². The molecular formula is C12H17NO2S. The molecule has 0 bridgehead atoms. The van der Waals surface area contributed by atoms with Gasteiger partial charge in [-0.05, 0) is 37.1 Å². The van der Waals surface area contributed by atoms with Gasteiger partial charge in [0, 0.05) is 4.90 Å². The zero-order chi connectivity index (χ0) is 12.0. The van der Waals surface area contributed by atoms with Crippen molar-refractivity contribution in [3.8, 4) is 0 Å². The van der Waals surface area contributed by atoms with E-state index < -0.39 is 0 Å². The summed E-state index contributed by atoms with van der Waals surface area (Å²) in [6.45, 7) is 4.58. The minimum atomic E-state index is 0.547. The average Bonchev–Trinajstić information content (AvgIpc) is 2.23. The largest absolute Gasteiger partial charge is 0.276 e. The SMILES string of the molecule is CCCCON(C=O)c1cc(C)cc(S)c1. The zero-order valence-corrected chi connectivity index (χ0v) is 10.5. The van der Waals surface area contributed by atoms with Gasteiger partial charge in [-0.3, -0.25) is 9.63 Å². The highest BCUT2D eigenvalue weighted by atomic mass is 32.1. The van der Waals surface area contributed by atoms with Crippen molar-refractivity contribution in [3.63, 3.8) is 0 Å². The van der Waals surface area contributed by atoms with Crippen LogP contribution in [0.5, 0.6) is 0 Å². The van der Waals surface area contributed by atoms with Crippen molar-refractivity contribution in [2.45, 2.75) is 31.6 Å². The van der Waals surface area contributed by atoms with Crippen molar-refractivity contribution in [1.29, 1.82) is 0 Å². The fourth-order valence-corrected chi connectivity index (χ4v) is 1.68. The number of aryl methyl sites for hydroxylation is 1.